The highest BCUT2D eigenvalue weighted by atomic mass is 16.2. The van der Waals surface area contributed by atoms with E-state index in [2.05, 4.69) is 80.2 Å². The third-order valence-corrected chi connectivity index (χ3v) is 5.56. The van der Waals surface area contributed by atoms with Crippen molar-refractivity contribution in [1.29, 1.82) is 0 Å². The maximum atomic E-state index is 12.5. The summed E-state index contributed by atoms with van der Waals surface area (Å²) in [6, 6.07) is 8.20. The van der Waals surface area contributed by atoms with Crippen molar-refractivity contribution in [2.75, 3.05) is 45.1 Å². The Morgan fingerprint density at radius 2 is 1.83 bits per heavy atom. The predicted molar refractivity (Wildman–Crippen MR) is 129 cm³/mol. The normalized spacial score (nSPS) is 16.0. The first-order valence-corrected chi connectivity index (χ1v) is 10.4. The molecule has 152 valence electrons. The van der Waals surface area contributed by atoms with Gasteiger partial charge < -0.3 is 10.2 Å². The van der Waals surface area contributed by atoms with Crippen LogP contribution in [0.1, 0.15) is 0 Å². The van der Waals surface area contributed by atoms with E-state index in [9.17, 15) is 4.79 Å². The van der Waals surface area contributed by atoms with Crippen molar-refractivity contribution < 1.29 is 4.79 Å². The Hall–Kier alpha value is -2.58. The first-order chi connectivity index (χ1) is 14.3. The molecule has 7 nitrogen and oxygen atoms in total. The third kappa shape index (κ3) is 4.76. The summed E-state index contributed by atoms with van der Waals surface area (Å²) in [6.45, 7) is 4.23. The van der Waals surface area contributed by atoms with Gasteiger partial charge in [-0.1, -0.05) is 12.1 Å². The van der Waals surface area contributed by atoms with Crippen LogP contribution in [0, 0.1) is 0 Å². The largest absolute Gasteiger partial charge is 0.310 e. The average molecular weight is 400 g/mol. The Morgan fingerprint density at radius 3 is 2.53 bits per heavy atom. The molecule has 10 heteroatoms. The number of nitrogens with zero attached hydrogens (tertiary/aromatic N) is 5. The van der Waals surface area contributed by atoms with Gasteiger partial charge in [0.2, 0.25) is 5.91 Å². The number of anilines is 1. The Kier molecular flexibility index (Phi) is 5.71. The van der Waals surface area contributed by atoms with Crippen LogP contribution in [0.4, 0.5) is 5.82 Å². The van der Waals surface area contributed by atoms with E-state index in [1.165, 1.54) is 0 Å². The van der Waals surface area contributed by atoms with E-state index in [0.717, 1.165) is 48.1 Å². The SMILES string of the molecule is BC(B)(B)n1cc(-c2ccc3cnc(NC(=O)CN4CCN(C)CC4)cc3c2)cn1. The second-order valence-electron chi connectivity index (χ2n) is 9.10. The highest BCUT2D eigenvalue weighted by molar-refractivity contribution is 6.56. The fraction of sp³-hybridized carbons (Fsp3) is 0.350. The van der Waals surface area contributed by atoms with Gasteiger partial charge in [0.1, 0.15) is 29.4 Å². The lowest BCUT2D eigenvalue weighted by atomic mass is 9.49. The zero-order valence-corrected chi connectivity index (χ0v) is 18.2. The van der Waals surface area contributed by atoms with E-state index in [-0.39, 0.29) is 11.1 Å². The zero-order valence-electron chi connectivity index (χ0n) is 18.2. The lowest BCUT2D eigenvalue weighted by molar-refractivity contribution is -0.117. The molecule has 0 aliphatic carbocycles. The van der Waals surface area contributed by atoms with Crippen LogP contribution in [0.3, 0.4) is 0 Å². The van der Waals surface area contributed by atoms with E-state index in [1.807, 2.05) is 23.1 Å². The minimum absolute atomic E-state index is 0.0194. The van der Waals surface area contributed by atoms with E-state index >= 15 is 0 Å². The monoisotopic (exact) mass is 400 g/mol. The molecule has 0 atom stereocenters. The Morgan fingerprint density at radius 1 is 1.07 bits per heavy atom. The molecule has 1 aliphatic rings. The lowest BCUT2D eigenvalue weighted by Gasteiger charge is -2.31. The number of aromatic nitrogens is 3. The first-order valence-electron chi connectivity index (χ1n) is 10.4. The maximum Gasteiger partial charge on any atom is 0.239 e. The minimum atomic E-state index is -0.0553. The molecule has 0 spiro atoms. The van der Waals surface area contributed by atoms with Gasteiger partial charge in [0.15, 0.2) is 0 Å². The summed E-state index contributed by atoms with van der Waals surface area (Å²) in [5.41, 5.74) is 2.17. The standard InChI is InChI=1S/C20H27B3N6O/c1-27-4-6-28(7-5-27)13-19(30)26-18-9-16-8-14(2-3-15(16)10-24-18)17-11-25-29(12-17)20(21,22)23/h2-3,8-12H,4-7,13,21-23H2,1H3,(H,24,26,30). The molecule has 1 aromatic carbocycles. The quantitative estimate of drug-likeness (QED) is 0.543. The van der Waals surface area contributed by atoms with E-state index in [1.54, 1.807) is 0 Å². The summed E-state index contributed by atoms with van der Waals surface area (Å²) in [4.78, 5) is 21.3. The van der Waals surface area contributed by atoms with Crippen LogP contribution < -0.4 is 5.32 Å². The van der Waals surface area contributed by atoms with Crippen LogP contribution in [-0.4, -0.2) is 93.8 Å². The molecule has 1 aliphatic heterocycles. The van der Waals surface area contributed by atoms with Crippen LogP contribution in [0.2, 0.25) is 0 Å². The van der Waals surface area contributed by atoms with Crippen molar-refractivity contribution in [3.8, 4) is 11.1 Å². The highest BCUT2D eigenvalue weighted by Crippen LogP contribution is 2.25. The highest BCUT2D eigenvalue weighted by Gasteiger charge is 2.17. The molecular formula is C20H27B3N6O. The molecule has 4 rings (SSSR count). The number of piperazine rings is 1. The molecule has 0 bridgehead atoms. The summed E-state index contributed by atoms with van der Waals surface area (Å²) in [7, 11) is 8.51. The Balaban J connectivity index is 1.49. The van der Waals surface area contributed by atoms with E-state index < -0.39 is 0 Å². The van der Waals surface area contributed by atoms with Crippen molar-refractivity contribution in [2.45, 2.75) is 5.24 Å². The number of hydrogen-bond acceptors (Lipinski definition) is 5. The summed E-state index contributed by atoms with van der Waals surface area (Å²) in [5, 5.41) is 9.48. The second-order valence-corrected chi connectivity index (χ2v) is 9.10. The van der Waals surface area contributed by atoms with Gasteiger partial charge in [-0.15, -0.1) is 0 Å². The number of fused-ring (bicyclic) bond motifs is 1. The number of carbonyl (C=O) groups is 1. The van der Waals surface area contributed by atoms with Crippen molar-refractivity contribution in [3.63, 3.8) is 0 Å². The molecule has 0 radical (unpaired) electrons. The molecule has 30 heavy (non-hydrogen) atoms. The average Bonchev–Trinajstić information content (AvgIpc) is 3.20. The molecule has 0 unspecified atom stereocenters. The molecule has 3 heterocycles. The number of hydrogen-bond donors (Lipinski definition) is 1. The first kappa shape index (κ1) is 20.7. The Labute approximate surface area is 180 Å². The topological polar surface area (TPSA) is 66.3 Å². The summed E-state index contributed by atoms with van der Waals surface area (Å²) in [6.07, 6.45) is 5.77. The molecule has 1 amide bonds. The second kappa shape index (κ2) is 8.28. The van der Waals surface area contributed by atoms with Crippen LogP contribution in [0.5, 0.6) is 0 Å². The van der Waals surface area contributed by atoms with Crippen molar-refractivity contribution >= 4 is 46.0 Å². The maximum absolute atomic E-state index is 12.5. The fourth-order valence-corrected chi connectivity index (χ4v) is 3.62. The molecule has 2 aromatic heterocycles. The van der Waals surface area contributed by atoms with Gasteiger partial charge in [-0.05, 0) is 35.4 Å². The third-order valence-electron chi connectivity index (χ3n) is 5.56. The predicted octanol–water partition coefficient (Wildman–Crippen LogP) is -1.25. The molecule has 3 aromatic rings. The van der Waals surface area contributed by atoms with Crippen LogP contribution in [0.25, 0.3) is 21.9 Å². The van der Waals surface area contributed by atoms with Gasteiger partial charge in [0.05, 0.1) is 12.7 Å². The minimum Gasteiger partial charge on any atom is -0.310 e. The van der Waals surface area contributed by atoms with Crippen molar-refractivity contribution in [2.24, 2.45) is 0 Å². The summed E-state index contributed by atoms with van der Waals surface area (Å²) in [5.74, 6) is 0.568. The van der Waals surface area contributed by atoms with Gasteiger partial charge in [-0.3, -0.25) is 14.4 Å². The number of rotatable bonds is 5. The molecule has 1 fully saturated rings. The fourth-order valence-electron chi connectivity index (χ4n) is 3.62. The van der Waals surface area contributed by atoms with Gasteiger partial charge in [-0.2, -0.15) is 5.10 Å². The number of amides is 1. The lowest BCUT2D eigenvalue weighted by Crippen LogP contribution is -2.47. The van der Waals surface area contributed by atoms with Gasteiger partial charge in [0, 0.05) is 49.5 Å². The molecule has 0 saturated carbocycles. The number of pyridine rings is 1. The Bertz CT molecular complexity index is 1060. The molecule has 1 saturated heterocycles. The van der Waals surface area contributed by atoms with Crippen LogP contribution in [0.15, 0.2) is 42.9 Å². The van der Waals surface area contributed by atoms with Gasteiger partial charge in [-0.25, -0.2) is 4.98 Å². The number of carbonyl (C=O) groups excluding carboxylic acids is 1. The molecular weight excluding hydrogens is 373 g/mol. The van der Waals surface area contributed by atoms with Gasteiger partial charge in [0.25, 0.3) is 0 Å². The molecule has 1 N–H and O–H groups in total. The number of likely N-dealkylation sites (N-methyl/N-ethyl adjacent to an activating group) is 1. The van der Waals surface area contributed by atoms with Crippen LogP contribution >= 0.6 is 0 Å². The zero-order chi connectivity index (χ0) is 21.3. The smallest absolute Gasteiger partial charge is 0.239 e. The van der Waals surface area contributed by atoms with Crippen LogP contribution in [-0.2, 0) is 10.0 Å². The number of benzene rings is 1. The van der Waals surface area contributed by atoms with E-state index in [0.29, 0.717) is 12.4 Å². The van der Waals surface area contributed by atoms with Crippen molar-refractivity contribution in [3.05, 3.63) is 42.9 Å². The van der Waals surface area contributed by atoms with E-state index in [4.69, 9.17) is 0 Å². The van der Waals surface area contributed by atoms with Crippen molar-refractivity contribution in [1.82, 2.24) is 24.6 Å². The number of nitrogens with one attached hydrogen (secondary N) is 1. The van der Waals surface area contributed by atoms with Gasteiger partial charge >= 0.3 is 0 Å². The summed E-state index contributed by atoms with van der Waals surface area (Å²) >= 11 is 0. The summed E-state index contributed by atoms with van der Waals surface area (Å²) < 4.78 is 1.98.